The Morgan fingerprint density at radius 1 is 1.21 bits per heavy atom. The fraction of sp³-hybridized carbons (Fsp3) is 0.500. The molecule has 1 heterocycles. The third-order valence-electron chi connectivity index (χ3n) is 4.09. The van der Waals surface area contributed by atoms with Crippen LogP contribution in [0, 0.1) is 11.8 Å². The van der Waals surface area contributed by atoms with Gasteiger partial charge in [0.05, 0.1) is 32.6 Å². The molecule has 1 aromatic rings. The Balaban J connectivity index is 0.00000288. The zero-order valence-corrected chi connectivity index (χ0v) is 15.0. The maximum absolute atomic E-state index is 12.4. The summed E-state index contributed by atoms with van der Waals surface area (Å²) in [5.74, 6) is 0.244. The summed E-state index contributed by atoms with van der Waals surface area (Å²) in [6.07, 6.45) is 0. The van der Waals surface area contributed by atoms with Crippen LogP contribution in [0.15, 0.2) is 12.1 Å². The van der Waals surface area contributed by atoms with Crippen molar-refractivity contribution >= 4 is 30.0 Å². The smallest absolute Gasteiger partial charge is 0.338 e. The van der Waals surface area contributed by atoms with E-state index in [1.807, 2.05) is 6.92 Å². The molecule has 0 aromatic heterocycles. The molecule has 8 heteroatoms. The highest BCUT2D eigenvalue weighted by Crippen LogP contribution is 2.37. The largest absolute Gasteiger partial charge is 0.493 e. The second-order valence-electron chi connectivity index (χ2n) is 5.45. The van der Waals surface area contributed by atoms with Crippen molar-refractivity contribution in [1.29, 1.82) is 0 Å². The van der Waals surface area contributed by atoms with E-state index in [0.29, 0.717) is 23.1 Å². The summed E-state index contributed by atoms with van der Waals surface area (Å²) in [7, 11) is 4.24. The first kappa shape index (κ1) is 20.1. The molecule has 1 unspecified atom stereocenters. The lowest BCUT2D eigenvalue weighted by atomic mass is 9.88. The highest BCUT2D eigenvalue weighted by molar-refractivity contribution is 5.98. The van der Waals surface area contributed by atoms with Gasteiger partial charge in [-0.15, -0.1) is 12.4 Å². The van der Waals surface area contributed by atoms with E-state index < -0.39 is 5.97 Å². The van der Waals surface area contributed by atoms with Crippen LogP contribution in [0.4, 0.5) is 5.69 Å². The second kappa shape index (κ2) is 8.75. The number of amides is 1. The zero-order valence-electron chi connectivity index (χ0n) is 14.2. The molecule has 0 spiro atoms. The van der Waals surface area contributed by atoms with Gasteiger partial charge in [-0.3, -0.25) is 4.79 Å². The number of nitrogens with one attached hydrogen (secondary N) is 2. The first-order valence-corrected chi connectivity index (χ1v) is 7.37. The van der Waals surface area contributed by atoms with Gasteiger partial charge in [-0.05, 0) is 31.1 Å². The number of carbonyl (C=O) groups is 2. The fourth-order valence-corrected chi connectivity index (χ4v) is 2.42. The molecule has 1 saturated heterocycles. The molecule has 1 aliphatic rings. The Bertz CT molecular complexity index is 604. The molecule has 1 amide bonds. The van der Waals surface area contributed by atoms with Crippen LogP contribution in [0.2, 0.25) is 0 Å². The molecule has 1 aliphatic heterocycles. The van der Waals surface area contributed by atoms with Gasteiger partial charge in [-0.2, -0.15) is 0 Å². The van der Waals surface area contributed by atoms with E-state index in [9.17, 15) is 9.59 Å². The molecule has 1 fully saturated rings. The number of rotatable bonds is 6. The molecule has 134 valence electrons. The third kappa shape index (κ3) is 4.10. The Hall–Kier alpha value is -1.99. The number of hydrogen-bond donors (Lipinski definition) is 2. The van der Waals surface area contributed by atoms with Crippen LogP contribution in [0.3, 0.4) is 0 Å². The molecule has 1 aromatic carbocycles. The lowest BCUT2D eigenvalue weighted by molar-refractivity contribution is -0.121. The van der Waals surface area contributed by atoms with Crippen LogP contribution in [-0.4, -0.2) is 46.3 Å². The maximum atomic E-state index is 12.4. The summed E-state index contributed by atoms with van der Waals surface area (Å²) in [5.41, 5.74) is 0.662. The van der Waals surface area contributed by atoms with Crippen LogP contribution < -0.4 is 20.1 Å². The molecule has 0 saturated carbocycles. The van der Waals surface area contributed by atoms with Gasteiger partial charge in [0.1, 0.15) is 0 Å². The van der Waals surface area contributed by atoms with E-state index in [2.05, 4.69) is 10.6 Å². The predicted molar refractivity (Wildman–Crippen MR) is 92.3 cm³/mol. The van der Waals surface area contributed by atoms with Gasteiger partial charge >= 0.3 is 5.97 Å². The molecule has 0 aliphatic carbocycles. The van der Waals surface area contributed by atoms with E-state index in [1.54, 1.807) is 0 Å². The minimum Gasteiger partial charge on any atom is -0.493 e. The quantitative estimate of drug-likeness (QED) is 0.753. The van der Waals surface area contributed by atoms with E-state index in [0.717, 1.165) is 13.1 Å². The van der Waals surface area contributed by atoms with Crippen molar-refractivity contribution in [1.82, 2.24) is 5.32 Å². The van der Waals surface area contributed by atoms with Gasteiger partial charge in [0.25, 0.3) is 0 Å². The second-order valence-corrected chi connectivity index (χ2v) is 5.45. The van der Waals surface area contributed by atoms with Gasteiger partial charge in [0.2, 0.25) is 5.91 Å². The molecule has 0 radical (unpaired) electrons. The molecule has 1 atom stereocenters. The summed E-state index contributed by atoms with van der Waals surface area (Å²) in [6, 6.07) is 3.04. The minimum atomic E-state index is -0.516. The van der Waals surface area contributed by atoms with Gasteiger partial charge in [0, 0.05) is 5.92 Å². The third-order valence-corrected chi connectivity index (χ3v) is 4.09. The van der Waals surface area contributed by atoms with Crippen LogP contribution >= 0.6 is 12.4 Å². The van der Waals surface area contributed by atoms with Crippen molar-refractivity contribution in [2.45, 2.75) is 6.92 Å². The summed E-state index contributed by atoms with van der Waals surface area (Å²) in [5, 5.41) is 5.97. The Labute approximate surface area is 147 Å². The molecule has 0 bridgehead atoms. The van der Waals surface area contributed by atoms with Crippen molar-refractivity contribution < 1.29 is 23.8 Å². The van der Waals surface area contributed by atoms with E-state index in [1.165, 1.54) is 33.5 Å². The molecule has 2 N–H and O–H groups in total. The van der Waals surface area contributed by atoms with Crippen LogP contribution in [-0.2, 0) is 9.53 Å². The number of esters is 1. The van der Waals surface area contributed by atoms with Crippen LogP contribution in [0.1, 0.15) is 17.3 Å². The van der Waals surface area contributed by atoms with Gasteiger partial charge in [-0.25, -0.2) is 4.79 Å². The highest BCUT2D eigenvalue weighted by atomic mass is 35.5. The van der Waals surface area contributed by atoms with Crippen molar-refractivity contribution in [3.63, 3.8) is 0 Å². The number of hydrogen-bond acceptors (Lipinski definition) is 6. The van der Waals surface area contributed by atoms with E-state index in [4.69, 9.17) is 14.2 Å². The minimum absolute atomic E-state index is 0. The number of carbonyl (C=O) groups excluding carboxylic acids is 2. The average Bonchev–Trinajstić information content (AvgIpc) is 2.51. The van der Waals surface area contributed by atoms with Crippen molar-refractivity contribution in [3.05, 3.63) is 17.7 Å². The maximum Gasteiger partial charge on any atom is 0.338 e. The molecule has 2 rings (SSSR count). The number of methoxy groups -OCH3 is 3. The van der Waals surface area contributed by atoms with Gasteiger partial charge in [-0.1, -0.05) is 6.92 Å². The van der Waals surface area contributed by atoms with Crippen molar-refractivity contribution in [3.8, 4) is 11.5 Å². The summed E-state index contributed by atoms with van der Waals surface area (Å²) >= 11 is 0. The standard InChI is InChI=1S/C16H22N2O5.ClH/c1-9(11-7-17-8-11)15(19)18-12-5-10(16(20)23-4)6-13(21-2)14(12)22-3;/h5-6,9,11,17H,7-8H2,1-4H3,(H,18,19);1H. The lowest BCUT2D eigenvalue weighted by Gasteiger charge is -2.31. The Morgan fingerprint density at radius 3 is 2.33 bits per heavy atom. The Morgan fingerprint density at radius 2 is 1.88 bits per heavy atom. The zero-order chi connectivity index (χ0) is 17.0. The number of ether oxygens (including phenoxy) is 3. The first-order chi connectivity index (χ1) is 11.0. The highest BCUT2D eigenvalue weighted by Gasteiger charge is 2.29. The number of anilines is 1. The van der Waals surface area contributed by atoms with E-state index >= 15 is 0 Å². The molecule has 7 nitrogen and oxygen atoms in total. The van der Waals surface area contributed by atoms with Crippen molar-refractivity contribution in [2.75, 3.05) is 39.7 Å². The average molecular weight is 359 g/mol. The first-order valence-electron chi connectivity index (χ1n) is 7.37. The van der Waals surface area contributed by atoms with E-state index in [-0.39, 0.29) is 29.8 Å². The predicted octanol–water partition coefficient (Wildman–Crippen LogP) is 1.71. The number of benzene rings is 1. The normalized spacial score (nSPS) is 14.7. The molecule has 24 heavy (non-hydrogen) atoms. The summed E-state index contributed by atoms with van der Waals surface area (Å²) < 4.78 is 15.3. The molecular formula is C16H23ClN2O5. The number of halogens is 1. The molecular weight excluding hydrogens is 336 g/mol. The SMILES string of the molecule is COC(=O)c1cc(NC(=O)C(C)C2CNC2)c(OC)c(OC)c1.Cl. The monoisotopic (exact) mass is 358 g/mol. The van der Waals surface area contributed by atoms with Gasteiger partial charge in [0.15, 0.2) is 11.5 Å². The van der Waals surface area contributed by atoms with Crippen LogP contribution in [0.5, 0.6) is 11.5 Å². The lowest BCUT2D eigenvalue weighted by Crippen LogP contribution is -2.48. The summed E-state index contributed by atoms with van der Waals surface area (Å²) in [4.78, 5) is 24.2. The fourth-order valence-electron chi connectivity index (χ4n) is 2.42. The Kier molecular flexibility index (Phi) is 7.31. The summed E-state index contributed by atoms with van der Waals surface area (Å²) in [6.45, 7) is 3.54. The van der Waals surface area contributed by atoms with Crippen LogP contribution in [0.25, 0.3) is 0 Å². The topological polar surface area (TPSA) is 85.9 Å². The van der Waals surface area contributed by atoms with Gasteiger partial charge < -0.3 is 24.8 Å². The van der Waals surface area contributed by atoms with Crippen molar-refractivity contribution in [2.24, 2.45) is 11.8 Å².